The third-order valence-electron chi connectivity index (χ3n) is 6.15. The number of halogens is 1. The Labute approximate surface area is 190 Å². The van der Waals surface area contributed by atoms with Crippen molar-refractivity contribution in [3.63, 3.8) is 0 Å². The summed E-state index contributed by atoms with van der Waals surface area (Å²) in [4.78, 5) is 47.1. The van der Waals surface area contributed by atoms with Crippen molar-refractivity contribution in [3.05, 3.63) is 68.2 Å². The summed E-state index contributed by atoms with van der Waals surface area (Å²) < 4.78 is 14.6. The number of anilines is 1. The molecular formula is C24H28FN5O3. The SMILES string of the molecule is CCn1c(=O)[nH]c(=O)c2c(C(=O)NCC3CCN(c4ccc(F)cc4)C3)cc(C(C)C)nc21. The van der Waals surface area contributed by atoms with Gasteiger partial charge >= 0.3 is 5.69 Å². The van der Waals surface area contributed by atoms with E-state index >= 15 is 0 Å². The minimum atomic E-state index is -0.615. The Morgan fingerprint density at radius 1 is 1.27 bits per heavy atom. The number of aromatic nitrogens is 3. The number of carbonyl (C=O) groups excluding carboxylic acids is 1. The van der Waals surface area contributed by atoms with Crippen LogP contribution in [0.1, 0.15) is 49.2 Å². The molecule has 1 unspecified atom stereocenters. The summed E-state index contributed by atoms with van der Waals surface area (Å²) in [6.07, 6.45) is 0.891. The molecule has 0 radical (unpaired) electrons. The molecule has 1 aromatic carbocycles. The normalized spacial score (nSPS) is 16.0. The van der Waals surface area contributed by atoms with Gasteiger partial charge in [0, 0.05) is 37.6 Å². The minimum absolute atomic E-state index is 0.0137. The van der Waals surface area contributed by atoms with Crippen molar-refractivity contribution >= 4 is 22.6 Å². The molecule has 1 aliphatic heterocycles. The van der Waals surface area contributed by atoms with Gasteiger partial charge in [0.25, 0.3) is 11.5 Å². The van der Waals surface area contributed by atoms with Crippen molar-refractivity contribution in [3.8, 4) is 0 Å². The van der Waals surface area contributed by atoms with Crippen LogP contribution >= 0.6 is 0 Å². The second-order valence-electron chi connectivity index (χ2n) is 8.74. The molecule has 1 fully saturated rings. The van der Waals surface area contributed by atoms with E-state index in [2.05, 4.69) is 20.2 Å². The van der Waals surface area contributed by atoms with Crippen LogP contribution in [0, 0.1) is 11.7 Å². The van der Waals surface area contributed by atoms with Crippen LogP contribution in [0.4, 0.5) is 10.1 Å². The van der Waals surface area contributed by atoms with Crippen molar-refractivity contribution < 1.29 is 9.18 Å². The molecule has 33 heavy (non-hydrogen) atoms. The smallest absolute Gasteiger partial charge is 0.329 e. The van der Waals surface area contributed by atoms with Gasteiger partial charge in [0.2, 0.25) is 0 Å². The number of nitrogens with one attached hydrogen (secondary N) is 2. The molecule has 1 saturated heterocycles. The van der Waals surface area contributed by atoms with Crippen LogP contribution in [0.3, 0.4) is 0 Å². The van der Waals surface area contributed by atoms with Gasteiger partial charge in [-0.05, 0) is 55.5 Å². The van der Waals surface area contributed by atoms with Crippen LogP contribution in [0.15, 0.2) is 39.9 Å². The summed E-state index contributed by atoms with van der Waals surface area (Å²) in [6, 6.07) is 8.04. The molecule has 3 aromatic rings. The number of benzene rings is 1. The van der Waals surface area contributed by atoms with Crippen LogP contribution in [-0.2, 0) is 6.54 Å². The third-order valence-corrected chi connectivity index (χ3v) is 6.15. The lowest BCUT2D eigenvalue weighted by Gasteiger charge is -2.19. The number of rotatable bonds is 6. The first kappa shape index (κ1) is 22.7. The van der Waals surface area contributed by atoms with E-state index in [-0.39, 0.29) is 40.2 Å². The van der Waals surface area contributed by atoms with Crippen molar-refractivity contribution in [2.75, 3.05) is 24.5 Å². The highest BCUT2D eigenvalue weighted by Gasteiger charge is 2.25. The number of aryl methyl sites for hydroxylation is 1. The summed E-state index contributed by atoms with van der Waals surface area (Å²) >= 11 is 0. The Balaban J connectivity index is 1.57. The lowest BCUT2D eigenvalue weighted by atomic mass is 10.0. The number of hydrogen-bond donors (Lipinski definition) is 2. The van der Waals surface area contributed by atoms with Gasteiger partial charge in [-0.1, -0.05) is 13.8 Å². The van der Waals surface area contributed by atoms with E-state index in [1.807, 2.05) is 13.8 Å². The lowest BCUT2D eigenvalue weighted by molar-refractivity contribution is 0.0949. The van der Waals surface area contributed by atoms with Crippen molar-refractivity contribution in [2.24, 2.45) is 5.92 Å². The maximum absolute atomic E-state index is 13.2. The van der Waals surface area contributed by atoms with E-state index in [4.69, 9.17) is 0 Å². The maximum Gasteiger partial charge on any atom is 0.329 e. The highest BCUT2D eigenvalue weighted by atomic mass is 19.1. The summed E-state index contributed by atoms with van der Waals surface area (Å²) in [5, 5.41) is 3.09. The molecule has 2 N–H and O–H groups in total. The summed E-state index contributed by atoms with van der Waals surface area (Å²) in [7, 11) is 0. The predicted octanol–water partition coefficient (Wildman–Crippen LogP) is 2.62. The molecule has 174 valence electrons. The first-order valence-corrected chi connectivity index (χ1v) is 11.2. The minimum Gasteiger partial charge on any atom is -0.371 e. The molecule has 0 saturated carbocycles. The number of pyridine rings is 1. The van der Waals surface area contributed by atoms with E-state index in [1.165, 1.54) is 16.7 Å². The summed E-state index contributed by atoms with van der Waals surface area (Å²) in [5.41, 5.74) is 0.892. The van der Waals surface area contributed by atoms with E-state index in [0.29, 0.717) is 18.8 Å². The van der Waals surface area contributed by atoms with E-state index < -0.39 is 11.2 Å². The molecule has 2 aromatic heterocycles. The van der Waals surface area contributed by atoms with Gasteiger partial charge in [-0.2, -0.15) is 0 Å². The zero-order valence-corrected chi connectivity index (χ0v) is 19.0. The maximum atomic E-state index is 13.2. The van der Waals surface area contributed by atoms with E-state index in [9.17, 15) is 18.8 Å². The first-order chi connectivity index (χ1) is 15.8. The summed E-state index contributed by atoms with van der Waals surface area (Å²) in [6.45, 7) is 8.02. The molecule has 0 aliphatic carbocycles. The number of fused-ring (bicyclic) bond motifs is 1. The van der Waals surface area contributed by atoms with Crippen LogP contribution in [-0.4, -0.2) is 40.1 Å². The highest BCUT2D eigenvalue weighted by Crippen LogP contribution is 2.24. The van der Waals surface area contributed by atoms with Gasteiger partial charge in [0.1, 0.15) is 5.82 Å². The van der Waals surface area contributed by atoms with Crippen LogP contribution < -0.4 is 21.5 Å². The molecule has 3 heterocycles. The number of amides is 1. The number of nitrogens with zero attached hydrogens (tertiary/aromatic N) is 3. The Hall–Kier alpha value is -3.49. The molecule has 4 rings (SSSR count). The van der Waals surface area contributed by atoms with Crippen LogP contribution in [0.2, 0.25) is 0 Å². The Bertz CT molecular complexity index is 1300. The average molecular weight is 454 g/mol. The molecule has 8 nitrogen and oxygen atoms in total. The quantitative estimate of drug-likeness (QED) is 0.598. The fraction of sp³-hybridized carbons (Fsp3) is 0.417. The van der Waals surface area contributed by atoms with Crippen LogP contribution in [0.25, 0.3) is 11.0 Å². The largest absolute Gasteiger partial charge is 0.371 e. The fourth-order valence-corrected chi connectivity index (χ4v) is 4.28. The molecule has 1 aliphatic rings. The van der Waals surface area contributed by atoms with Gasteiger partial charge in [-0.25, -0.2) is 14.2 Å². The summed E-state index contributed by atoms with van der Waals surface area (Å²) in [5.74, 6) is -0.393. The Morgan fingerprint density at radius 3 is 2.67 bits per heavy atom. The van der Waals surface area contributed by atoms with Gasteiger partial charge in [-0.3, -0.25) is 19.1 Å². The number of aromatic amines is 1. The molecule has 1 atom stereocenters. The second-order valence-corrected chi connectivity index (χ2v) is 8.74. The van der Waals surface area contributed by atoms with E-state index in [1.54, 1.807) is 25.1 Å². The number of carbonyl (C=O) groups is 1. The van der Waals surface area contributed by atoms with Gasteiger partial charge in [0.15, 0.2) is 5.65 Å². The first-order valence-electron chi connectivity index (χ1n) is 11.2. The number of hydrogen-bond acceptors (Lipinski definition) is 5. The average Bonchev–Trinajstić information content (AvgIpc) is 3.26. The monoisotopic (exact) mass is 453 g/mol. The van der Waals surface area contributed by atoms with Crippen LogP contribution in [0.5, 0.6) is 0 Å². The molecule has 0 bridgehead atoms. The molecule has 0 spiro atoms. The zero-order valence-electron chi connectivity index (χ0n) is 19.0. The molecular weight excluding hydrogens is 425 g/mol. The predicted molar refractivity (Wildman–Crippen MR) is 125 cm³/mol. The van der Waals surface area contributed by atoms with Crippen molar-refractivity contribution in [1.29, 1.82) is 0 Å². The zero-order chi connectivity index (χ0) is 23.7. The standard InChI is InChI=1S/C24H28FN5O3/c1-4-30-21-20(23(32)28-24(30)33)18(11-19(27-21)14(2)3)22(31)26-12-15-9-10-29(13-15)17-7-5-16(25)6-8-17/h5-8,11,14-15H,4,9-10,12-13H2,1-3H3,(H,26,31)(H,28,32,33). The lowest BCUT2D eigenvalue weighted by Crippen LogP contribution is -2.35. The Kier molecular flexibility index (Phi) is 6.31. The van der Waals surface area contributed by atoms with Gasteiger partial charge in [-0.15, -0.1) is 0 Å². The number of H-pyrrole nitrogens is 1. The van der Waals surface area contributed by atoms with Crippen molar-refractivity contribution in [2.45, 2.75) is 39.7 Å². The fourth-order valence-electron chi connectivity index (χ4n) is 4.28. The topological polar surface area (TPSA) is 100 Å². The van der Waals surface area contributed by atoms with Crippen molar-refractivity contribution in [1.82, 2.24) is 19.9 Å². The Morgan fingerprint density at radius 2 is 2.00 bits per heavy atom. The third kappa shape index (κ3) is 4.53. The molecule has 9 heteroatoms. The van der Waals surface area contributed by atoms with E-state index in [0.717, 1.165) is 25.2 Å². The second kappa shape index (κ2) is 9.17. The highest BCUT2D eigenvalue weighted by molar-refractivity contribution is 6.05. The van der Waals surface area contributed by atoms with Gasteiger partial charge in [0.05, 0.1) is 10.9 Å². The van der Waals surface area contributed by atoms with Gasteiger partial charge < -0.3 is 10.2 Å². The molecule has 1 amide bonds.